The highest BCUT2D eigenvalue weighted by Gasteiger charge is 2.24. The Labute approximate surface area is 87.2 Å². The van der Waals surface area contributed by atoms with Crippen molar-refractivity contribution in [1.82, 2.24) is 9.99 Å². The number of oxazole rings is 1. The second-order valence-electron chi connectivity index (χ2n) is 3.64. The van der Waals surface area contributed by atoms with Gasteiger partial charge in [0.2, 0.25) is 5.89 Å². The lowest BCUT2D eigenvalue weighted by Gasteiger charge is -2.14. The topological polar surface area (TPSA) is 41.6 Å². The van der Waals surface area contributed by atoms with Gasteiger partial charge in [-0.3, -0.25) is 5.01 Å². The molecule has 1 aliphatic rings. The van der Waals surface area contributed by atoms with E-state index < -0.39 is 0 Å². The Kier molecular flexibility index (Phi) is 1.74. The van der Waals surface area contributed by atoms with Gasteiger partial charge in [-0.05, 0) is 12.1 Å². The van der Waals surface area contributed by atoms with Crippen LogP contribution in [0.1, 0.15) is 18.4 Å². The molecule has 2 heterocycles. The minimum atomic E-state index is 0.150. The van der Waals surface area contributed by atoms with Crippen molar-refractivity contribution < 1.29 is 4.42 Å². The summed E-state index contributed by atoms with van der Waals surface area (Å²) in [5, 5.41) is 6.05. The minimum Gasteiger partial charge on any atom is -0.438 e. The van der Waals surface area contributed by atoms with E-state index >= 15 is 0 Å². The zero-order valence-electron chi connectivity index (χ0n) is 8.42. The van der Waals surface area contributed by atoms with Crippen LogP contribution in [-0.4, -0.2) is 23.3 Å². The van der Waals surface area contributed by atoms with Crippen LogP contribution in [-0.2, 0) is 0 Å². The molecule has 0 amide bonds. The number of hydrazone groups is 1. The van der Waals surface area contributed by atoms with E-state index in [1.165, 1.54) is 0 Å². The highest BCUT2D eigenvalue weighted by molar-refractivity contribution is 5.72. The molecule has 0 saturated carbocycles. The Balaban J connectivity index is 2.05. The van der Waals surface area contributed by atoms with Crippen LogP contribution < -0.4 is 0 Å². The van der Waals surface area contributed by atoms with Crippen LogP contribution in [0, 0.1) is 0 Å². The van der Waals surface area contributed by atoms with Gasteiger partial charge in [0, 0.05) is 19.7 Å². The molecule has 0 fully saturated rings. The van der Waals surface area contributed by atoms with E-state index in [4.69, 9.17) is 4.42 Å². The van der Waals surface area contributed by atoms with E-state index in [-0.39, 0.29) is 6.04 Å². The molecule has 3 rings (SSSR count). The molecule has 1 atom stereocenters. The number of rotatable bonds is 1. The number of hydrogen-bond acceptors (Lipinski definition) is 4. The van der Waals surface area contributed by atoms with Crippen LogP contribution in [0.5, 0.6) is 0 Å². The standard InChI is InChI=1S/C11H11N3O/c1-14-9(6-7-12-14)11-13-8-4-2-3-5-10(8)15-11/h2-5,7,9H,6H2,1H3. The molecule has 1 unspecified atom stereocenters. The van der Waals surface area contributed by atoms with Gasteiger partial charge in [0.1, 0.15) is 11.6 Å². The fourth-order valence-corrected chi connectivity index (χ4v) is 1.80. The van der Waals surface area contributed by atoms with Crippen molar-refractivity contribution in [2.45, 2.75) is 12.5 Å². The third kappa shape index (κ3) is 1.29. The number of aromatic nitrogens is 1. The number of fused-ring (bicyclic) bond motifs is 1. The zero-order valence-corrected chi connectivity index (χ0v) is 8.42. The number of nitrogens with zero attached hydrogens (tertiary/aromatic N) is 3. The first kappa shape index (κ1) is 8.47. The van der Waals surface area contributed by atoms with Gasteiger partial charge in [0.05, 0.1) is 0 Å². The van der Waals surface area contributed by atoms with Crippen molar-refractivity contribution in [3.05, 3.63) is 30.2 Å². The Hall–Kier alpha value is -1.84. The normalized spacial score (nSPS) is 20.3. The van der Waals surface area contributed by atoms with Crippen molar-refractivity contribution in [3.63, 3.8) is 0 Å². The largest absolute Gasteiger partial charge is 0.438 e. The van der Waals surface area contributed by atoms with E-state index in [2.05, 4.69) is 10.1 Å². The lowest BCUT2D eigenvalue weighted by molar-refractivity contribution is 0.249. The average molecular weight is 201 g/mol. The van der Waals surface area contributed by atoms with E-state index in [1.807, 2.05) is 42.5 Å². The number of hydrogen-bond donors (Lipinski definition) is 0. The minimum absolute atomic E-state index is 0.150. The second kappa shape index (κ2) is 3.08. The van der Waals surface area contributed by atoms with Gasteiger partial charge in [0.15, 0.2) is 5.58 Å². The molecule has 0 aliphatic carbocycles. The van der Waals surface area contributed by atoms with Crippen molar-refractivity contribution in [1.29, 1.82) is 0 Å². The Morgan fingerprint density at radius 3 is 3.00 bits per heavy atom. The van der Waals surface area contributed by atoms with Crippen molar-refractivity contribution >= 4 is 17.3 Å². The molecule has 1 aliphatic heterocycles. The van der Waals surface area contributed by atoms with Crippen LogP contribution in [0.3, 0.4) is 0 Å². The molecule has 0 saturated heterocycles. The van der Waals surface area contributed by atoms with Crippen LogP contribution in [0.2, 0.25) is 0 Å². The molecule has 4 nitrogen and oxygen atoms in total. The number of para-hydroxylation sites is 2. The van der Waals surface area contributed by atoms with Gasteiger partial charge in [-0.1, -0.05) is 12.1 Å². The molecule has 0 radical (unpaired) electrons. The summed E-state index contributed by atoms with van der Waals surface area (Å²) in [5.74, 6) is 0.746. The Morgan fingerprint density at radius 2 is 2.27 bits per heavy atom. The molecule has 2 aromatic rings. The maximum atomic E-state index is 5.69. The van der Waals surface area contributed by atoms with E-state index in [9.17, 15) is 0 Å². The first-order valence-electron chi connectivity index (χ1n) is 4.95. The summed E-state index contributed by atoms with van der Waals surface area (Å²) < 4.78 is 5.69. The van der Waals surface area contributed by atoms with Crippen LogP contribution >= 0.6 is 0 Å². The SMILES string of the molecule is CN1N=CCC1c1nc2ccccc2o1. The van der Waals surface area contributed by atoms with Crippen molar-refractivity contribution in [2.24, 2.45) is 5.10 Å². The molecular weight excluding hydrogens is 190 g/mol. The van der Waals surface area contributed by atoms with Gasteiger partial charge in [-0.15, -0.1) is 0 Å². The van der Waals surface area contributed by atoms with Crippen LogP contribution in [0.4, 0.5) is 0 Å². The summed E-state index contributed by atoms with van der Waals surface area (Å²) in [6.07, 6.45) is 2.75. The average Bonchev–Trinajstić information content (AvgIpc) is 2.82. The maximum Gasteiger partial charge on any atom is 0.220 e. The summed E-state index contributed by atoms with van der Waals surface area (Å²) in [7, 11) is 1.93. The van der Waals surface area contributed by atoms with Crippen molar-refractivity contribution in [2.75, 3.05) is 7.05 Å². The Bertz CT molecular complexity index is 484. The summed E-state index contributed by atoms with van der Waals surface area (Å²) in [4.78, 5) is 4.46. The van der Waals surface area contributed by atoms with Crippen LogP contribution in [0.25, 0.3) is 11.1 Å². The fourth-order valence-electron chi connectivity index (χ4n) is 1.80. The zero-order chi connectivity index (χ0) is 10.3. The van der Waals surface area contributed by atoms with Gasteiger partial charge in [-0.25, -0.2) is 4.98 Å². The fraction of sp³-hybridized carbons (Fsp3) is 0.273. The molecular formula is C11H11N3O. The second-order valence-corrected chi connectivity index (χ2v) is 3.64. The molecule has 4 heteroatoms. The first-order valence-corrected chi connectivity index (χ1v) is 4.95. The summed E-state index contributed by atoms with van der Waals surface area (Å²) >= 11 is 0. The van der Waals surface area contributed by atoms with E-state index in [1.54, 1.807) is 0 Å². The summed E-state index contributed by atoms with van der Waals surface area (Å²) in [6.45, 7) is 0. The third-order valence-electron chi connectivity index (χ3n) is 2.64. The quantitative estimate of drug-likeness (QED) is 0.710. The van der Waals surface area contributed by atoms with Gasteiger partial charge in [0.25, 0.3) is 0 Å². The summed E-state index contributed by atoms with van der Waals surface area (Å²) in [6, 6.07) is 7.95. The highest BCUT2D eigenvalue weighted by atomic mass is 16.3. The molecule has 1 aromatic carbocycles. The molecule has 0 N–H and O–H groups in total. The maximum absolute atomic E-state index is 5.69. The van der Waals surface area contributed by atoms with Crippen LogP contribution in [0.15, 0.2) is 33.8 Å². The van der Waals surface area contributed by atoms with E-state index in [0.717, 1.165) is 23.4 Å². The monoisotopic (exact) mass is 201 g/mol. The van der Waals surface area contributed by atoms with Gasteiger partial charge in [-0.2, -0.15) is 5.10 Å². The molecule has 76 valence electrons. The third-order valence-corrected chi connectivity index (χ3v) is 2.64. The lowest BCUT2D eigenvalue weighted by atomic mass is 10.2. The Morgan fingerprint density at radius 1 is 1.40 bits per heavy atom. The molecule has 1 aromatic heterocycles. The van der Waals surface area contributed by atoms with Crippen molar-refractivity contribution in [3.8, 4) is 0 Å². The smallest absolute Gasteiger partial charge is 0.220 e. The molecule has 0 bridgehead atoms. The first-order chi connectivity index (χ1) is 7.34. The van der Waals surface area contributed by atoms with Gasteiger partial charge >= 0.3 is 0 Å². The lowest BCUT2D eigenvalue weighted by Crippen LogP contribution is -2.13. The van der Waals surface area contributed by atoms with Gasteiger partial charge < -0.3 is 4.42 Å². The predicted molar refractivity (Wildman–Crippen MR) is 57.6 cm³/mol. The highest BCUT2D eigenvalue weighted by Crippen LogP contribution is 2.28. The molecule has 0 spiro atoms. The predicted octanol–water partition coefficient (Wildman–Crippen LogP) is 2.19. The summed E-state index contributed by atoms with van der Waals surface area (Å²) in [5.41, 5.74) is 1.75. The number of benzene rings is 1. The molecule has 15 heavy (non-hydrogen) atoms. The van der Waals surface area contributed by atoms with E-state index in [0.29, 0.717) is 0 Å².